The fraction of sp³-hybridized carbons (Fsp3) is 1.00. The molecule has 0 unspecified atom stereocenters. The van der Waals surface area contributed by atoms with Crippen molar-refractivity contribution in [2.75, 3.05) is 0 Å². The van der Waals surface area contributed by atoms with Crippen LogP contribution in [-0.4, -0.2) is 7.38 Å². The van der Waals surface area contributed by atoms with Crippen LogP contribution in [0.5, 0.6) is 0 Å². The largest absolute Gasteiger partial charge is 0.167 e. The first kappa shape index (κ1) is 18.2. The van der Waals surface area contributed by atoms with Gasteiger partial charge < -0.3 is 0 Å². The summed E-state index contributed by atoms with van der Waals surface area (Å²) in [6.07, 6.45) is 0. The lowest BCUT2D eigenvalue weighted by Crippen LogP contribution is -2.32. The molecule has 0 aromatic carbocycles. The maximum absolute atomic E-state index is 6.86. The third-order valence-electron chi connectivity index (χ3n) is 2.32. The van der Waals surface area contributed by atoms with E-state index in [1.807, 2.05) is 0 Å². The summed E-state index contributed by atoms with van der Waals surface area (Å²) in [5, 5.41) is 0. The molecule has 0 nitrogen and oxygen atoms in total. The fourth-order valence-corrected chi connectivity index (χ4v) is 10.1. The first-order valence-corrected chi connectivity index (χ1v) is 9.57. The zero-order valence-corrected chi connectivity index (χ0v) is 13.7. The topological polar surface area (TPSA) is 0 Å². The van der Waals surface area contributed by atoms with Crippen molar-refractivity contribution in [3.63, 3.8) is 0 Å². The summed E-state index contributed by atoms with van der Waals surface area (Å²) in [4.78, 5) is 0. The Morgan fingerprint density at radius 2 is 0.933 bits per heavy atom. The van der Waals surface area contributed by atoms with Gasteiger partial charge in [-0.25, -0.2) is 0 Å². The molecule has 0 aromatic rings. The van der Waals surface area contributed by atoms with E-state index in [1.165, 1.54) is 18.1 Å². The Bertz CT molecular complexity index is 129. The zero-order chi connectivity index (χ0) is 11.4. The molecule has 15 heavy (non-hydrogen) atoms. The molecule has 94 valence electrons. The van der Waals surface area contributed by atoms with Gasteiger partial charge in [-0.3, -0.25) is 0 Å². The zero-order valence-electron chi connectivity index (χ0n) is 11.1. The van der Waals surface area contributed by atoms with E-state index in [1.54, 1.807) is 0 Å². The van der Waals surface area contributed by atoms with Gasteiger partial charge in [0.1, 0.15) is 0 Å². The minimum absolute atomic E-state index is 0. The van der Waals surface area contributed by atoms with E-state index in [9.17, 15) is 0 Å². The minimum atomic E-state index is -1.47. The van der Waals surface area contributed by atoms with E-state index in [2.05, 4.69) is 41.5 Å². The molecule has 3 heteroatoms. The van der Waals surface area contributed by atoms with Crippen molar-refractivity contribution in [3.8, 4) is 0 Å². The van der Waals surface area contributed by atoms with Crippen LogP contribution < -0.4 is 0 Å². The molecule has 0 radical (unpaired) electrons. The fourth-order valence-electron chi connectivity index (χ4n) is 2.44. The van der Waals surface area contributed by atoms with Crippen molar-refractivity contribution in [2.24, 2.45) is 17.8 Å². The van der Waals surface area contributed by atoms with Crippen molar-refractivity contribution >= 4 is 30.9 Å². The lowest BCUT2D eigenvalue weighted by atomic mass is 10.3. The molecule has 0 aliphatic carbocycles. The third-order valence-corrected chi connectivity index (χ3v) is 8.36. The number of hydrogen-bond acceptors (Lipinski definition) is 0. The summed E-state index contributed by atoms with van der Waals surface area (Å²) in [7, 11) is -1.47. The summed E-state index contributed by atoms with van der Waals surface area (Å²) in [5.74, 6) is 2.28. The number of halogens is 2. The van der Waals surface area contributed by atoms with Crippen molar-refractivity contribution < 1.29 is 0 Å². The highest BCUT2D eigenvalue weighted by molar-refractivity contribution is 7.20. The van der Waals surface area contributed by atoms with E-state index in [-0.39, 0.29) is 12.4 Å². The molecular formula is C12H28Cl2Si. The van der Waals surface area contributed by atoms with Gasteiger partial charge in [0.25, 0.3) is 0 Å². The van der Waals surface area contributed by atoms with Crippen molar-refractivity contribution in [1.29, 1.82) is 0 Å². The summed E-state index contributed by atoms with van der Waals surface area (Å²) < 4.78 is 0. The Hall–Kier alpha value is 0.797. The minimum Gasteiger partial charge on any atom is -0.167 e. The third kappa shape index (κ3) is 9.71. The Morgan fingerprint density at radius 1 is 0.733 bits per heavy atom. The van der Waals surface area contributed by atoms with Gasteiger partial charge in [0.05, 0.1) is 0 Å². The molecule has 0 atom stereocenters. The van der Waals surface area contributed by atoms with Crippen LogP contribution in [0.2, 0.25) is 18.1 Å². The lowest BCUT2D eigenvalue weighted by molar-refractivity contribution is 0.654. The normalized spacial score (nSPS) is 12.4. The first-order chi connectivity index (χ1) is 6.25. The molecule has 0 fully saturated rings. The Balaban J connectivity index is 0. The van der Waals surface area contributed by atoms with E-state index in [4.69, 9.17) is 11.1 Å². The Kier molecular flexibility index (Phi) is 9.66. The van der Waals surface area contributed by atoms with E-state index in [0.29, 0.717) is 0 Å². The maximum Gasteiger partial charge on any atom is 0.157 e. The summed E-state index contributed by atoms with van der Waals surface area (Å²) >= 11 is 6.86. The predicted octanol–water partition coefficient (Wildman–Crippen LogP) is 5.56. The second kappa shape index (κ2) is 7.97. The highest BCUT2D eigenvalue weighted by Gasteiger charge is 2.33. The second-order valence-corrected chi connectivity index (χ2v) is 11.9. The molecule has 0 heterocycles. The molecular weight excluding hydrogens is 243 g/mol. The average molecular weight is 271 g/mol. The van der Waals surface area contributed by atoms with E-state index in [0.717, 1.165) is 17.8 Å². The second-order valence-electron chi connectivity index (χ2n) is 5.94. The molecule has 0 saturated carbocycles. The molecule has 0 aromatic heterocycles. The highest BCUT2D eigenvalue weighted by Crippen LogP contribution is 2.35. The number of rotatable bonds is 6. The van der Waals surface area contributed by atoms with Gasteiger partial charge in [0.15, 0.2) is 7.38 Å². The lowest BCUT2D eigenvalue weighted by Gasteiger charge is -2.29. The summed E-state index contributed by atoms with van der Waals surface area (Å²) in [6, 6.07) is 3.85. The van der Waals surface area contributed by atoms with Crippen LogP contribution in [0.25, 0.3) is 0 Å². The molecule has 0 amide bonds. The number of hydrogen-bond donors (Lipinski definition) is 0. The highest BCUT2D eigenvalue weighted by atomic mass is 35.6. The first-order valence-electron chi connectivity index (χ1n) is 5.94. The van der Waals surface area contributed by atoms with Gasteiger partial charge in [-0.15, -0.1) is 12.4 Å². The molecule has 0 N–H and O–H groups in total. The molecule has 0 aliphatic heterocycles. The van der Waals surface area contributed by atoms with Gasteiger partial charge in [0.2, 0.25) is 0 Å². The SMILES string of the molecule is CC(C)C[Si](Cl)(CC(C)C)CC(C)C.Cl. The van der Waals surface area contributed by atoms with Gasteiger partial charge in [0, 0.05) is 0 Å². The van der Waals surface area contributed by atoms with Crippen LogP contribution in [0, 0.1) is 17.8 Å². The van der Waals surface area contributed by atoms with Gasteiger partial charge in [-0.1, -0.05) is 41.5 Å². The summed E-state index contributed by atoms with van der Waals surface area (Å²) in [5.41, 5.74) is 0. The predicted molar refractivity (Wildman–Crippen MR) is 77.8 cm³/mol. The van der Waals surface area contributed by atoms with Crippen LogP contribution in [0.15, 0.2) is 0 Å². The van der Waals surface area contributed by atoms with Gasteiger partial charge in [-0.05, 0) is 35.9 Å². The summed E-state index contributed by atoms with van der Waals surface area (Å²) in [6.45, 7) is 13.8. The monoisotopic (exact) mass is 270 g/mol. The van der Waals surface area contributed by atoms with Crippen molar-refractivity contribution in [3.05, 3.63) is 0 Å². The quantitative estimate of drug-likeness (QED) is 0.438. The van der Waals surface area contributed by atoms with E-state index < -0.39 is 7.38 Å². The smallest absolute Gasteiger partial charge is 0.157 e. The van der Waals surface area contributed by atoms with Crippen LogP contribution in [0.3, 0.4) is 0 Å². The Morgan fingerprint density at radius 3 is 1.07 bits per heavy atom. The molecule has 0 saturated heterocycles. The molecule has 0 aliphatic rings. The van der Waals surface area contributed by atoms with Crippen molar-refractivity contribution in [2.45, 2.75) is 59.7 Å². The van der Waals surface area contributed by atoms with Crippen molar-refractivity contribution in [1.82, 2.24) is 0 Å². The molecule has 0 spiro atoms. The maximum atomic E-state index is 6.86. The van der Waals surface area contributed by atoms with Gasteiger partial charge >= 0.3 is 0 Å². The van der Waals surface area contributed by atoms with Gasteiger partial charge in [-0.2, -0.15) is 11.1 Å². The molecule has 0 bridgehead atoms. The van der Waals surface area contributed by atoms with E-state index >= 15 is 0 Å². The van der Waals surface area contributed by atoms with Crippen LogP contribution >= 0.6 is 23.5 Å². The average Bonchev–Trinajstić information content (AvgIpc) is 1.76. The van der Waals surface area contributed by atoms with Crippen LogP contribution in [0.4, 0.5) is 0 Å². The Labute approximate surface area is 108 Å². The standard InChI is InChI=1S/C12H27ClSi.ClH/c1-10(2)7-14(13,8-11(3)4)9-12(5)6;/h10-12H,7-9H2,1-6H3;1H. The van der Waals surface area contributed by atoms with Crippen LogP contribution in [-0.2, 0) is 0 Å². The van der Waals surface area contributed by atoms with Crippen LogP contribution in [0.1, 0.15) is 41.5 Å². The molecule has 0 rings (SSSR count).